The van der Waals surface area contributed by atoms with Gasteiger partial charge >= 0.3 is 0 Å². The SMILES string of the molecule is NNc1cc(C(=O)N2CCC(O)C2)c2ccccc2n1. The fourth-order valence-corrected chi connectivity index (χ4v) is 2.52. The topological polar surface area (TPSA) is 91.5 Å². The van der Waals surface area contributed by atoms with Crippen LogP contribution in [0.15, 0.2) is 30.3 Å². The van der Waals surface area contributed by atoms with E-state index in [0.717, 1.165) is 5.39 Å². The van der Waals surface area contributed by atoms with Crippen LogP contribution in [-0.2, 0) is 0 Å². The highest BCUT2D eigenvalue weighted by molar-refractivity contribution is 6.07. The molecule has 1 atom stereocenters. The zero-order valence-electron chi connectivity index (χ0n) is 10.9. The van der Waals surface area contributed by atoms with Crippen LogP contribution in [0.4, 0.5) is 5.82 Å². The van der Waals surface area contributed by atoms with Crippen molar-refractivity contribution in [1.82, 2.24) is 9.88 Å². The predicted octanol–water partition coefficient (Wildman–Crippen LogP) is 0.727. The van der Waals surface area contributed by atoms with E-state index in [9.17, 15) is 9.90 Å². The summed E-state index contributed by atoms with van der Waals surface area (Å²) in [5, 5.41) is 10.4. The van der Waals surface area contributed by atoms with Crippen LogP contribution in [0.3, 0.4) is 0 Å². The molecule has 1 aromatic carbocycles. The Balaban J connectivity index is 2.07. The maximum absolute atomic E-state index is 12.6. The number of aliphatic hydroxyl groups excluding tert-OH is 1. The zero-order chi connectivity index (χ0) is 14.1. The largest absolute Gasteiger partial charge is 0.391 e. The number of nitrogens with one attached hydrogen (secondary N) is 1. The number of carbonyl (C=O) groups is 1. The van der Waals surface area contributed by atoms with Crippen LogP contribution in [0.5, 0.6) is 0 Å². The van der Waals surface area contributed by atoms with E-state index in [-0.39, 0.29) is 5.91 Å². The number of hydrazine groups is 1. The first-order valence-corrected chi connectivity index (χ1v) is 6.53. The maximum Gasteiger partial charge on any atom is 0.254 e. The lowest BCUT2D eigenvalue weighted by Gasteiger charge is -2.17. The van der Waals surface area contributed by atoms with Gasteiger partial charge in [0.1, 0.15) is 5.82 Å². The fraction of sp³-hybridized carbons (Fsp3) is 0.286. The number of hydrogen-bond acceptors (Lipinski definition) is 5. The molecule has 20 heavy (non-hydrogen) atoms. The van der Waals surface area contributed by atoms with Gasteiger partial charge in [0.2, 0.25) is 0 Å². The van der Waals surface area contributed by atoms with Gasteiger partial charge in [0.05, 0.1) is 17.2 Å². The van der Waals surface area contributed by atoms with E-state index in [0.29, 0.717) is 36.4 Å². The summed E-state index contributed by atoms with van der Waals surface area (Å²) >= 11 is 0. The molecule has 2 aromatic rings. The molecule has 0 saturated carbocycles. The van der Waals surface area contributed by atoms with Gasteiger partial charge in [-0.15, -0.1) is 0 Å². The number of nitrogens with two attached hydrogens (primary N) is 1. The number of nitrogen functional groups attached to an aromatic ring is 1. The standard InChI is InChI=1S/C14H16N4O2/c15-17-13-7-11(10-3-1-2-4-12(10)16-13)14(20)18-6-5-9(19)8-18/h1-4,7,9,19H,5-6,8,15H2,(H,16,17). The first kappa shape index (κ1) is 12.8. The Labute approximate surface area is 116 Å². The molecular formula is C14H16N4O2. The molecule has 6 nitrogen and oxygen atoms in total. The molecule has 0 spiro atoms. The number of pyridine rings is 1. The van der Waals surface area contributed by atoms with Crippen LogP contribution < -0.4 is 11.3 Å². The number of aromatic nitrogens is 1. The van der Waals surface area contributed by atoms with Crippen molar-refractivity contribution in [3.05, 3.63) is 35.9 Å². The number of benzene rings is 1. The highest BCUT2D eigenvalue weighted by atomic mass is 16.3. The van der Waals surface area contributed by atoms with Crippen molar-refractivity contribution in [3.63, 3.8) is 0 Å². The van der Waals surface area contributed by atoms with Gasteiger partial charge in [0, 0.05) is 18.5 Å². The molecule has 1 aliphatic rings. The van der Waals surface area contributed by atoms with E-state index >= 15 is 0 Å². The summed E-state index contributed by atoms with van der Waals surface area (Å²) in [7, 11) is 0. The molecule has 1 amide bonds. The van der Waals surface area contributed by atoms with Crippen LogP contribution in [0.25, 0.3) is 10.9 Å². The van der Waals surface area contributed by atoms with E-state index in [1.807, 2.05) is 24.3 Å². The molecule has 0 aliphatic carbocycles. The molecule has 1 fully saturated rings. The number of β-amino-alcohol motifs (C(OH)–C–C–N with tert-alkyl or cyclic N) is 1. The van der Waals surface area contributed by atoms with Crippen molar-refractivity contribution < 1.29 is 9.90 Å². The monoisotopic (exact) mass is 272 g/mol. The second-order valence-electron chi connectivity index (χ2n) is 4.91. The van der Waals surface area contributed by atoms with E-state index in [2.05, 4.69) is 10.4 Å². The Bertz CT molecular complexity index is 659. The average Bonchev–Trinajstić information content (AvgIpc) is 2.92. The molecule has 1 unspecified atom stereocenters. The molecular weight excluding hydrogens is 256 g/mol. The normalized spacial score (nSPS) is 18.5. The van der Waals surface area contributed by atoms with Gasteiger partial charge in [0.25, 0.3) is 5.91 Å². The minimum absolute atomic E-state index is 0.100. The van der Waals surface area contributed by atoms with Crippen molar-refractivity contribution in [2.45, 2.75) is 12.5 Å². The summed E-state index contributed by atoms with van der Waals surface area (Å²) in [4.78, 5) is 18.6. The number of amides is 1. The van der Waals surface area contributed by atoms with Gasteiger partial charge in [-0.3, -0.25) is 4.79 Å². The summed E-state index contributed by atoms with van der Waals surface area (Å²) in [5.74, 6) is 5.76. The van der Waals surface area contributed by atoms with E-state index in [4.69, 9.17) is 5.84 Å². The van der Waals surface area contributed by atoms with Crippen LogP contribution in [0.2, 0.25) is 0 Å². The minimum Gasteiger partial charge on any atom is -0.391 e. The number of rotatable bonds is 2. The Morgan fingerprint density at radius 3 is 2.95 bits per heavy atom. The van der Waals surface area contributed by atoms with Crippen LogP contribution in [0.1, 0.15) is 16.8 Å². The third kappa shape index (κ3) is 2.19. The summed E-state index contributed by atoms with van der Waals surface area (Å²) in [6, 6.07) is 9.09. The first-order chi connectivity index (χ1) is 9.69. The maximum atomic E-state index is 12.6. The molecule has 1 saturated heterocycles. The van der Waals surface area contributed by atoms with Gasteiger partial charge in [0.15, 0.2) is 0 Å². The predicted molar refractivity (Wildman–Crippen MR) is 76.1 cm³/mol. The van der Waals surface area contributed by atoms with Gasteiger partial charge in [-0.2, -0.15) is 0 Å². The van der Waals surface area contributed by atoms with Crippen molar-refractivity contribution in [2.24, 2.45) is 5.84 Å². The highest BCUT2D eigenvalue weighted by Crippen LogP contribution is 2.23. The molecule has 1 aromatic heterocycles. The molecule has 6 heteroatoms. The highest BCUT2D eigenvalue weighted by Gasteiger charge is 2.26. The molecule has 4 N–H and O–H groups in total. The van der Waals surface area contributed by atoms with Crippen LogP contribution >= 0.6 is 0 Å². The number of aliphatic hydroxyl groups is 1. The summed E-state index contributed by atoms with van der Waals surface area (Å²) in [6.45, 7) is 0.947. The Kier molecular flexibility index (Phi) is 3.25. The number of carbonyl (C=O) groups excluding carboxylic acids is 1. The zero-order valence-corrected chi connectivity index (χ0v) is 10.9. The molecule has 1 aliphatic heterocycles. The van der Waals surface area contributed by atoms with Crippen LogP contribution in [0, 0.1) is 0 Å². The Morgan fingerprint density at radius 1 is 1.45 bits per heavy atom. The number of anilines is 1. The molecule has 0 radical (unpaired) electrons. The number of fused-ring (bicyclic) bond motifs is 1. The summed E-state index contributed by atoms with van der Waals surface area (Å²) in [5.41, 5.74) is 3.75. The quantitative estimate of drug-likeness (QED) is 0.553. The lowest BCUT2D eigenvalue weighted by Crippen LogP contribution is -2.30. The molecule has 2 heterocycles. The second-order valence-corrected chi connectivity index (χ2v) is 4.91. The van der Waals surface area contributed by atoms with Crippen LogP contribution in [-0.4, -0.2) is 40.1 Å². The van der Waals surface area contributed by atoms with E-state index in [1.165, 1.54) is 0 Å². The Morgan fingerprint density at radius 2 is 2.25 bits per heavy atom. The second kappa shape index (κ2) is 5.07. The van der Waals surface area contributed by atoms with Gasteiger partial charge in [-0.1, -0.05) is 18.2 Å². The average molecular weight is 272 g/mol. The summed E-state index contributed by atoms with van der Waals surface area (Å²) in [6.07, 6.45) is 0.190. The number of likely N-dealkylation sites (tertiary alicyclic amines) is 1. The van der Waals surface area contributed by atoms with E-state index in [1.54, 1.807) is 11.0 Å². The number of hydrogen-bond donors (Lipinski definition) is 3. The number of nitrogens with zero attached hydrogens (tertiary/aromatic N) is 2. The Hall–Kier alpha value is -2.18. The minimum atomic E-state index is -0.431. The lowest BCUT2D eigenvalue weighted by atomic mass is 10.1. The molecule has 0 bridgehead atoms. The van der Waals surface area contributed by atoms with Gasteiger partial charge < -0.3 is 15.4 Å². The van der Waals surface area contributed by atoms with Crippen molar-refractivity contribution in [2.75, 3.05) is 18.5 Å². The van der Waals surface area contributed by atoms with Gasteiger partial charge in [-0.25, -0.2) is 10.8 Å². The number of para-hydroxylation sites is 1. The van der Waals surface area contributed by atoms with Gasteiger partial charge in [-0.05, 0) is 18.6 Å². The first-order valence-electron chi connectivity index (χ1n) is 6.53. The van der Waals surface area contributed by atoms with Crippen molar-refractivity contribution >= 4 is 22.6 Å². The van der Waals surface area contributed by atoms with Crippen molar-refractivity contribution in [1.29, 1.82) is 0 Å². The lowest BCUT2D eigenvalue weighted by molar-refractivity contribution is 0.0767. The fourth-order valence-electron chi connectivity index (χ4n) is 2.52. The van der Waals surface area contributed by atoms with Crippen molar-refractivity contribution in [3.8, 4) is 0 Å². The third-order valence-electron chi connectivity index (χ3n) is 3.55. The van der Waals surface area contributed by atoms with E-state index < -0.39 is 6.10 Å². The summed E-state index contributed by atoms with van der Waals surface area (Å²) < 4.78 is 0. The molecule has 104 valence electrons. The smallest absolute Gasteiger partial charge is 0.254 e. The molecule has 3 rings (SSSR count). The third-order valence-corrected chi connectivity index (χ3v) is 3.55.